The van der Waals surface area contributed by atoms with Crippen molar-refractivity contribution in [3.63, 3.8) is 0 Å². The van der Waals surface area contributed by atoms with Gasteiger partial charge in [0.15, 0.2) is 0 Å². The molecule has 2 aliphatic rings. The number of piperazine rings is 1. The molecule has 1 saturated carbocycles. The Balaban J connectivity index is 1.36. The van der Waals surface area contributed by atoms with Gasteiger partial charge in [-0.2, -0.15) is 0 Å². The molecule has 1 aromatic heterocycles. The molecule has 2 fully saturated rings. The molecule has 1 aromatic rings. The summed E-state index contributed by atoms with van der Waals surface area (Å²) in [4.78, 5) is 18.5. The smallest absolute Gasteiger partial charge is 0.222 e. The van der Waals surface area contributed by atoms with E-state index in [9.17, 15) is 4.79 Å². The third kappa shape index (κ3) is 4.56. The van der Waals surface area contributed by atoms with Crippen LogP contribution < -0.4 is 0 Å². The zero-order valence-electron chi connectivity index (χ0n) is 13.5. The highest BCUT2D eigenvalue weighted by Crippen LogP contribution is 2.27. The summed E-state index contributed by atoms with van der Waals surface area (Å²) in [5.74, 6) is 1.07. The first-order valence-corrected chi connectivity index (χ1v) is 9.72. The van der Waals surface area contributed by atoms with Crippen LogP contribution >= 0.6 is 11.3 Å². The molecule has 22 heavy (non-hydrogen) atoms. The molecule has 0 aromatic carbocycles. The second-order valence-corrected chi connectivity index (χ2v) is 7.79. The highest BCUT2D eigenvalue weighted by Gasteiger charge is 2.24. The highest BCUT2D eigenvalue weighted by atomic mass is 32.1. The van der Waals surface area contributed by atoms with E-state index in [4.69, 9.17) is 0 Å². The SMILES string of the molecule is O=C(CC1CCCCC1)N1CCN(CCc2cccs2)CC1. The number of carbonyl (C=O) groups is 1. The van der Waals surface area contributed by atoms with Crippen molar-refractivity contribution in [2.45, 2.75) is 44.9 Å². The summed E-state index contributed by atoms with van der Waals surface area (Å²) in [6.07, 6.45) is 8.51. The first-order valence-electron chi connectivity index (χ1n) is 8.84. The Morgan fingerprint density at radius 1 is 1.14 bits per heavy atom. The Hall–Kier alpha value is -0.870. The first kappa shape index (κ1) is 16.0. The maximum absolute atomic E-state index is 12.4. The molecule has 1 aliphatic heterocycles. The van der Waals surface area contributed by atoms with E-state index < -0.39 is 0 Å². The van der Waals surface area contributed by atoms with E-state index in [1.54, 1.807) is 0 Å². The number of hydrogen-bond acceptors (Lipinski definition) is 3. The van der Waals surface area contributed by atoms with Crippen molar-refractivity contribution >= 4 is 17.2 Å². The van der Waals surface area contributed by atoms with Crippen LogP contribution in [0.2, 0.25) is 0 Å². The normalized spacial score (nSPS) is 21.2. The Labute approximate surface area is 138 Å². The summed E-state index contributed by atoms with van der Waals surface area (Å²) in [5.41, 5.74) is 0. The number of nitrogens with zero attached hydrogens (tertiary/aromatic N) is 2. The van der Waals surface area contributed by atoms with Gasteiger partial charge in [0.25, 0.3) is 0 Å². The molecule has 4 heteroatoms. The van der Waals surface area contributed by atoms with Gasteiger partial charge in [0.05, 0.1) is 0 Å². The van der Waals surface area contributed by atoms with Gasteiger partial charge in [-0.15, -0.1) is 11.3 Å². The molecular weight excluding hydrogens is 292 g/mol. The van der Waals surface area contributed by atoms with Crippen LogP contribution in [0.4, 0.5) is 0 Å². The molecule has 1 saturated heterocycles. The van der Waals surface area contributed by atoms with E-state index in [2.05, 4.69) is 27.3 Å². The lowest BCUT2D eigenvalue weighted by molar-refractivity contribution is -0.134. The molecule has 1 aliphatic carbocycles. The van der Waals surface area contributed by atoms with Gasteiger partial charge in [-0.05, 0) is 36.6 Å². The zero-order chi connectivity index (χ0) is 15.2. The van der Waals surface area contributed by atoms with E-state index in [0.29, 0.717) is 11.8 Å². The summed E-state index contributed by atoms with van der Waals surface area (Å²) < 4.78 is 0. The van der Waals surface area contributed by atoms with Gasteiger partial charge in [0.1, 0.15) is 0 Å². The predicted molar refractivity (Wildman–Crippen MR) is 92.2 cm³/mol. The van der Waals surface area contributed by atoms with Gasteiger partial charge in [-0.1, -0.05) is 25.3 Å². The van der Waals surface area contributed by atoms with Crippen LogP contribution in [0.25, 0.3) is 0 Å². The van der Waals surface area contributed by atoms with Crippen molar-refractivity contribution in [3.8, 4) is 0 Å². The number of thiophene rings is 1. The second-order valence-electron chi connectivity index (χ2n) is 6.76. The van der Waals surface area contributed by atoms with Gasteiger partial charge in [-0.25, -0.2) is 0 Å². The van der Waals surface area contributed by atoms with E-state index in [1.165, 1.54) is 37.0 Å². The quantitative estimate of drug-likeness (QED) is 0.830. The van der Waals surface area contributed by atoms with E-state index in [0.717, 1.165) is 45.6 Å². The van der Waals surface area contributed by atoms with Crippen molar-refractivity contribution < 1.29 is 4.79 Å². The number of rotatable bonds is 5. The summed E-state index contributed by atoms with van der Waals surface area (Å²) in [7, 11) is 0. The standard InChI is InChI=1S/C18H28N2OS/c21-18(15-16-5-2-1-3-6-16)20-12-10-19(11-13-20)9-8-17-7-4-14-22-17/h4,7,14,16H,1-3,5-6,8-13,15H2. The van der Waals surface area contributed by atoms with Crippen LogP contribution in [0, 0.1) is 5.92 Å². The second kappa shape index (κ2) is 8.11. The fourth-order valence-electron chi connectivity index (χ4n) is 3.71. The zero-order valence-corrected chi connectivity index (χ0v) is 14.3. The van der Waals surface area contributed by atoms with Crippen LogP contribution in [-0.4, -0.2) is 48.4 Å². The minimum Gasteiger partial charge on any atom is -0.340 e. The lowest BCUT2D eigenvalue weighted by atomic mass is 9.86. The van der Waals surface area contributed by atoms with Crippen LogP contribution in [0.1, 0.15) is 43.4 Å². The average molecular weight is 321 g/mol. The maximum atomic E-state index is 12.4. The molecule has 1 amide bonds. The minimum absolute atomic E-state index is 0.407. The summed E-state index contributed by atoms with van der Waals surface area (Å²) in [6.45, 7) is 5.07. The molecule has 0 unspecified atom stereocenters. The molecule has 0 atom stereocenters. The largest absolute Gasteiger partial charge is 0.340 e. The lowest BCUT2D eigenvalue weighted by Crippen LogP contribution is -2.49. The van der Waals surface area contributed by atoms with Crippen molar-refractivity contribution in [3.05, 3.63) is 22.4 Å². The topological polar surface area (TPSA) is 23.6 Å². The predicted octanol–water partition coefficient (Wildman–Crippen LogP) is 3.41. The molecule has 0 spiro atoms. The Bertz CT molecular complexity index is 446. The van der Waals surface area contributed by atoms with Gasteiger partial charge in [0, 0.05) is 44.0 Å². The maximum Gasteiger partial charge on any atom is 0.222 e. The third-order valence-corrected chi connectivity index (χ3v) is 6.10. The molecule has 2 heterocycles. The molecule has 0 N–H and O–H groups in total. The Morgan fingerprint density at radius 3 is 2.59 bits per heavy atom. The van der Waals surface area contributed by atoms with E-state index in [1.807, 2.05) is 11.3 Å². The van der Waals surface area contributed by atoms with Gasteiger partial charge in [-0.3, -0.25) is 9.69 Å². The highest BCUT2D eigenvalue weighted by molar-refractivity contribution is 7.09. The van der Waals surface area contributed by atoms with E-state index >= 15 is 0 Å². The van der Waals surface area contributed by atoms with Gasteiger partial charge in [0.2, 0.25) is 5.91 Å². The molecule has 3 nitrogen and oxygen atoms in total. The van der Waals surface area contributed by atoms with Crippen LogP contribution in [-0.2, 0) is 11.2 Å². The van der Waals surface area contributed by atoms with Crippen molar-refractivity contribution in [1.82, 2.24) is 9.80 Å². The van der Waals surface area contributed by atoms with E-state index in [-0.39, 0.29) is 0 Å². The molecule has 0 bridgehead atoms. The average Bonchev–Trinajstić information content (AvgIpc) is 3.08. The van der Waals surface area contributed by atoms with Crippen LogP contribution in [0.5, 0.6) is 0 Å². The Kier molecular flexibility index (Phi) is 5.90. The molecule has 3 rings (SSSR count). The number of carbonyl (C=O) groups excluding carboxylic acids is 1. The van der Waals surface area contributed by atoms with Crippen molar-refractivity contribution in [2.24, 2.45) is 5.92 Å². The van der Waals surface area contributed by atoms with Crippen LogP contribution in [0.15, 0.2) is 17.5 Å². The lowest BCUT2D eigenvalue weighted by Gasteiger charge is -2.35. The van der Waals surface area contributed by atoms with Gasteiger partial charge >= 0.3 is 0 Å². The van der Waals surface area contributed by atoms with Crippen molar-refractivity contribution in [2.75, 3.05) is 32.7 Å². The summed E-state index contributed by atoms with van der Waals surface area (Å²) in [6, 6.07) is 4.34. The third-order valence-electron chi connectivity index (χ3n) is 5.17. The van der Waals surface area contributed by atoms with Crippen LogP contribution in [0.3, 0.4) is 0 Å². The summed E-state index contributed by atoms with van der Waals surface area (Å²) in [5, 5.41) is 2.15. The van der Waals surface area contributed by atoms with Gasteiger partial charge < -0.3 is 4.90 Å². The minimum atomic E-state index is 0.407. The summed E-state index contributed by atoms with van der Waals surface area (Å²) >= 11 is 1.85. The first-order chi connectivity index (χ1) is 10.8. The fraction of sp³-hybridized carbons (Fsp3) is 0.722. The molecule has 122 valence electrons. The monoisotopic (exact) mass is 320 g/mol. The Morgan fingerprint density at radius 2 is 1.91 bits per heavy atom. The molecular formula is C18H28N2OS. The number of amides is 1. The molecule has 0 radical (unpaired) electrons. The fourth-order valence-corrected chi connectivity index (χ4v) is 4.41. The number of hydrogen-bond donors (Lipinski definition) is 0. The van der Waals surface area contributed by atoms with Crippen molar-refractivity contribution in [1.29, 1.82) is 0 Å².